The number of sulfonamides is 1. The lowest BCUT2D eigenvalue weighted by molar-refractivity contribution is 0.462. The number of hydrogen-bond donors (Lipinski definition) is 4. The predicted octanol–water partition coefficient (Wildman–Crippen LogP) is 1.88. The fourth-order valence-electron chi connectivity index (χ4n) is 2.72. The molecule has 0 bridgehead atoms. The van der Waals surface area contributed by atoms with Crippen molar-refractivity contribution in [3.63, 3.8) is 0 Å². The van der Waals surface area contributed by atoms with Crippen molar-refractivity contribution in [3.8, 4) is 0 Å². The van der Waals surface area contributed by atoms with Gasteiger partial charge in [0.05, 0.1) is 5.02 Å². The van der Waals surface area contributed by atoms with E-state index in [1.807, 2.05) is 31.2 Å². The Hall–Kier alpha value is -2.20. The van der Waals surface area contributed by atoms with Crippen molar-refractivity contribution in [3.05, 3.63) is 52.7 Å². The molecule has 158 valence electrons. The van der Waals surface area contributed by atoms with Crippen LogP contribution in [0.3, 0.4) is 0 Å². The summed E-state index contributed by atoms with van der Waals surface area (Å²) in [5.41, 5.74) is 19.4. The summed E-state index contributed by atoms with van der Waals surface area (Å²) in [4.78, 5) is 4.00. The molecule has 0 fully saturated rings. The van der Waals surface area contributed by atoms with Gasteiger partial charge in [0.25, 0.3) is 10.0 Å². The fraction of sp³-hybridized carbons (Fsp3) is 0.368. The zero-order chi connectivity index (χ0) is 21.6. The Morgan fingerprint density at radius 1 is 1.28 bits per heavy atom. The van der Waals surface area contributed by atoms with Crippen molar-refractivity contribution in [2.45, 2.75) is 37.8 Å². The first-order valence-electron chi connectivity index (χ1n) is 9.12. The topological polar surface area (TPSA) is 149 Å². The molecule has 0 aliphatic heterocycles. The van der Waals surface area contributed by atoms with E-state index in [9.17, 15) is 8.42 Å². The quantitative estimate of drug-likeness (QED) is 0.344. The lowest BCUT2D eigenvalue weighted by Crippen LogP contribution is -2.33. The van der Waals surface area contributed by atoms with Gasteiger partial charge < -0.3 is 22.5 Å². The van der Waals surface area contributed by atoms with Crippen molar-refractivity contribution in [1.82, 2.24) is 4.98 Å². The van der Waals surface area contributed by atoms with Crippen LogP contribution in [0.5, 0.6) is 0 Å². The van der Waals surface area contributed by atoms with E-state index in [1.165, 1.54) is 19.2 Å². The highest BCUT2D eigenvalue weighted by Crippen LogP contribution is 2.24. The first-order chi connectivity index (χ1) is 13.6. The number of halogens is 1. The van der Waals surface area contributed by atoms with Gasteiger partial charge in [0.15, 0.2) is 0 Å². The van der Waals surface area contributed by atoms with E-state index in [2.05, 4.69) is 14.7 Å². The second kappa shape index (κ2) is 10.0. The van der Waals surface area contributed by atoms with Crippen LogP contribution in [0.2, 0.25) is 5.02 Å². The second-order valence-corrected chi connectivity index (χ2v) is 8.95. The molecule has 0 aliphatic carbocycles. The Kier molecular flexibility index (Phi) is 7.97. The molecule has 1 aromatic heterocycles. The molecular weight excluding hydrogens is 412 g/mol. The van der Waals surface area contributed by atoms with Crippen molar-refractivity contribution in [2.75, 3.05) is 11.9 Å². The smallest absolute Gasteiger partial charge is 0.285 e. The average molecular weight is 439 g/mol. The van der Waals surface area contributed by atoms with Crippen LogP contribution in [-0.4, -0.2) is 31.8 Å². The Balaban J connectivity index is 2.10. The van der Waals surface area contributed by atoms with Crippen molar-refractivity contribution in [2.24, 2.45) is 27.5 Å². The second-order valence-electron chi connectivity index (χ2n) is 6.93. The number of pyridine rings is 1. The van der Waals surface area contributed by atoms with Gasteiger partial charge in [-0.3, -0.25) is 0 Å². The number of hydrogen-bond acceptors (Lipinski definition) is 6. The van der Waals surface area contributed by atoms with E-state index >= 15 is 0 Å². The number of anilines is 1. The third-order valence-corrected chi connectivity index (χ3v) is 6.05. The summed E-state index contributed by atoms with van der Waals surface area (Å²) in [7, 11) is -3.93. The SMILES string of the molecule is C/C(N)=N/S(=O)(=O)c1cnc(NC[C@H](Cc2ccc(CN)cc2)[C@@H](C)N)c(Cl)c1. The van der Waals surface area contributed by atoms with Gasteiger partial charge in [0.1, 0.15) is 16.5 Å². The number of amidine groups is 1. The van der Waals surface area contributed by atoms with E-state index in [1.54, 1.807) is 0 Å². The fourth-order valence-corrected chi connectivity index (χ4v) is 3.95. The zero-order valence-electron chi connectivity index (χ0n) is 16.5. The monoisotopic (exact) mass is 438 g/mol. The van der Waals surface area contributed by atoms with Crippen LogP contribution >= 0.6 is 11.6 Å². The number of benzene rings is 1. The van der Waals surface area contributed by atoms with Crippen molar-refractivity contribution < 1.29 is 8.42 Å². The molecule has 2 aromatic rings. The summed E-state index contributed by atoms with van der Waals surface area (Å²) in [6.07, 6.45) is 1.96. The summed E-state index contributed by atoms with van der Waals surface area (Å²) >= 11 is 6.22. The van der Waals surface area contributed by atoms with Crippen LogP contribution < -0.4 is 22.5 Å². The minimum atomic E-state index is -3.93. The summed E-state index contributed by atoms with van der Waals surface area (Å²) in [5, 5.41) is 3.33. The number of nitrogens with two attached hydrogens (primary N) is 3. The maximum atomic E-state index is 12.1. The standard InChI is InChI=1S/C19H27ClN6O2S/c1-12(22)16(7-14-3-5-15(9-21)6-4-14)10-24-19-18(20)8-17(11-25-19)29(27,28)26-13(2)23/h3-6,8,11-12,16H,7,9-10,21-22H2,1-2H3,(H2,23,26)(H,24,25)/t12-,16+/m1/s1. The van der Waals surface area contributed by atoms with E-state index in [4.69, 9.17) is 28.8 Å². The first kappa shape index (κ1) is 23.1. The number of nitrogens with one attached hydrogen (secondary N) is 1. The number of nitrogens with zero attached hydrogens (tertiary/aromatic N) is 2. The van der Waals surface area contributed by atoms with Gasteiger partial charge in [0, 0.05) is 25.3 Å². The van der Waals surface area contributed by atoms with Gasteiger partial charge in [0.2, 0.25) is 0 Å². The Bertz CT molecular complexity index is 957. The summed E-state index contributed by atoms with van der Waals surface area (Å²) in [5.74, 6) is 0.426. The molecule has 0 unspecified atom stereocenters. The molecule has 29 heavy (non-hydrogen) atoms. The molecule has 0 saturated heterocycles. The lowest BCUT2D eigenvalue weighted by atomic mass is 9.93. The molecule has 0 amide bonds. The third kappa shape index (κ3) is 6.67. The van der Waals surface area contributed by atoms with Crippen LogP contribution in [0, 0.1) is 5.92 Å². The van der Waals surface area contributed by atoms with E-state index < -0.39 is 10.0 Å². The van der Waals surface area contributed by atoms with Gasteiger partial charge >= 0.3 is 0 Å². The molecule has 0 saturated carbocycles. The Labute approximate surface area is 176 Å². The van der Waals surface area contributed by atoms with Gasteiger partial charge in [-0.05, 0) is 43.4 Å². The number of aromatic nitrogens is 1. The van der Waals surface area contributed by atoms with Crippen LogP contribution in [0.15, 0.2) is 45.8 Å². The predicted molar refractivity (Wildman–Crippen MR) is 117 cm³/mol. The van der Waals surface area contributed by atoms with Crippen molar-refractivity contribution >= 4 is 33.3 Å². The Morgan fingerprint density at radius 3 is 2.41 bits per heavy atom. The molecule has 2 rings (SSSR count). The van der Waals surface area contributed by atoms with E-state index in [-0.39, 0.29) is 27.7 Å². The summed E-state index contributed by atoms with van der Waals surface area (Å²) in [6.45, 7) is 4.36. The van der Waals surface area contributed by atoms with Crippen molar-refractivity contribution in [1.29, 1.82) is 0 Å². The molecule has 8 nitrogen and oxygen atoms in total. The highest BCUT2D eigenvalue weighted by molar-refractivity contribution is 7.90. The molecule has 2 atom stereocenters. The largest absolute Gasteiger partial charge is 0.387 e. The molecule has 7 N–H and O–H groups in total. The molecule has 10 heteroatoms. The van der Waals surface area contributed by atoms with Crippen LogP contribution in [0.1, 0.15) is 25.0 Å². The molecular formula is C19H27ClN6O2S. The molecule has 0 aliphatic rings. The third-order valence-electron chi connectivity index (χ3n) is 4.41. The average Bonchev–Trinajstić information content (AvgIpc) is 2.65. The first-order valence-corrected chi connectivity index (χ1v) is 10.9. The zero-order valence-corrected chi connectivity index (χ0v) is 18.0. The van der Waals surface area contributed by atoms with E-state index in [0.717, 1.165) is 17.5 Å². The maximum Gasteiger partial charge on any atom is 0.285 e. The Morgan fingerprint density at radius 2 is 1.90 bits per heavy atom. The molecule has 1 aromatic carbocycles. The maximum absolute atomic E-state index is 12.1. The minimum absolute atomic E-state index is 0.0670. The normalized spacial score (nSPS) is 14.4. The van der Waals surface area contributed by atoms with Crippen LogP contribution in [0.25, 0.3) is 0 Å². The lowest BCUT2D eigenvalue weighted by Gasteiger charge is -2.22. The summed E-state index contributed by atoms with van der Waals surface area (Å²) in [6, 6.07) is 9.32. The number of rotatable bonds is 9. The van der Waals surface area contributed by atoms with Gasteiger partial charge in [-0.25, -0.2) is 4.98 Å². The minimum Gasteiger partial charge on any atom is -0.387 e. The molecule has 0 spiro atoms. The van der Waals surface area contributed by atoms with Gasteiger partial charge in [-0.1, -0.05) is 35.9 Å². The van der Waals surface area contributed by atoms with Gasteiger partial charge in [-0.15, -0.1) is 4.40 Å². The van der Waals surface area contributed by atoms with Crippen LogP contribution in [-0.2, 0) is 23.0 Å². The van der Waals surface area contributed by atoms with Gasteiger partial charge in [-0.2, -0.15) is 8.42 Å². The summed E-state index contributed by atoms with van der Waals surface area (Å²) < 4.78 is 27.6. The molecule has 0 radical (unpaired) electrons. The highest BCUT2D eigenvalue weighted by Gasteiger charge is 2.18. The highest BCUT2D eigenvalue weighted by atomic mass is 35.5. The van der Waals surface area contributed by atoms with Crippen LogP contribution in [0.4, 0.5) is 5.82 Å². The molecule has 1 heterocycles. The van der Waals surface area contributed by atoms with E-state index in [0.29, 0.717) is 18.9 Å².